The highest BCUT2D eigenvalue weighted by atomic mass is 15.1. The van der Waals surface area contributed by atoms with Crippen molar-refractivity contribution in [2.24, 2.45) is 0 Å². The monoisotopic (exact) mass is 196 g/mol. The molecule has 0 bridgehead atoms. The SMILES string of the molecule is C#CCN(CCC)CCNC(C)(C)C. The van der Waals surface area contributed by atoms with E-state index >= 15 is 0 Å². The maximum absolute atomic E-state index is 5.31. The maximum Gasteiger partial charge on any atom is 0.0599 e. The molecule has 0 spiro atoms. The van der Waals surface area contributed by atoms with E-state index in [1.165, 1.54) is 0 Å². The summed E-state index contributed by atoms with van der Waals surface area (Å²) in [5, 5.41) is 3.46. The molecule has 0 amide bonds. The molecule has 1 N–H and O–H groups in total. The summed E-state index contributed by atoms with van der Waals surface area (Å²) in [4.78, 5) is 2.30. The van der Waals surface area contributed by atoms with Crippen LogP contribution in [-0.2, 0) is 0 Å². The summed E-state index contributed by atoms with van der Waals surface area (Å²) in [6, 6.07) is 0. The second-order valence-corrected chi connectivity index (χ2v) is 4.66. The van der Waals surface area contributed by atoms with E-state index < -0.39 is 0 Å². The Bertz CT molecular complexity index is 174. The Hall–Kier alpha value is -0.520. The number of rotatable bonds is 6. The first-order chi connectivity index (χ1) is 6.49. The Balaban J connectivity index is 3.66. The van der Waals surface area contributed by atoms with Crippen LogP contribution in [0.15, 0.2) is 0 Å². The van der Waals surface area contributed by atoms with Gasteiger partial charge in [-0.05, 0) is 33.7 Å². The third-order valence-electron chi connectivity index (χ3n) is 1.94. The lowest BCUT2D eigenvalue weighted by molar-refractivity contribution is 0.289. The molecule has 0 radical (unpaired) electrons. The first kappa shape index (κ1) is 13.5. The van der Waals surface area contributed by atoms with E-state index in [1.807, 2.05) is 0 Å². The zero-order valence-corrected chi connectivity index (χ0v) is 10.1. The van der Waals surface area contributed by atoms with Gasteiger partial charge in [0.15, 0.2) is 0 Å². The van der Waals surface area contributed by atoms with Crippen molar-refractivity contribution in [1.82, 2.24) is 10.2 Å². The van der Waals surface area contributed by atoms with Crippen molar-refractivity contribution in [2.75, 3.05) is 26.2 Å². The highest BCUT2D eigenvalue weighted by Crippen LogP contribution is 1.98. The van der Waals surface area contributed by atoms with E-state index in [1.54, 1.807) is 0 Å². The van der Waals surface area contributed by atoms with Gasteiger partial charge in [0.1, 0.15) is 0 Å². The molecule has 0 aliphatic rings. The average molecular weight is 196 g/mol. The van der Waals surface area contributed by atoms with Crippen molar-refractivity contribution >= 4 is 0 Å². The first-order valence-corrected chi connectivity index (χ1v) is 5.40. The molecule has 0 saturated heterocycles. The summed E-state index contributed by atoms with van der Waals surface area (Å²) in [5.41, 5.74) is 0.202. The summed E-state index contributed by atoms with van der Waals surface area (Å²) >= 11 is 0. The molecule has 0 aromatic carbocycles. The summed E-state index contributed by atoms with van der Waals surface area (Å²) in [7, 11) is 0. The molecule has 0 aliphatic heterocycles. The molecule has 2 heteroatoms. The molecular formula is C12H24N2. The second kappa shape index (κ2) is 6.86. The number of nitrogens with one attached hydrogen (secondary N) is 1. The number of hydrogen-bond acceptors (Lipinski definition) is 2. The van der Waals surface area contributed by atoms with Crippen LogP contribution in [-0.4, -0.2) is 36.6 Å². The fourth-order valence-electron chi connectivity index (χ4n) is 1.30. The first-order valence-electron chi connectivity index (χ1n) is 5.40. The van der Waals surface area contributed by atoms with Crippen molar-refractivity contribution < 1.29 is 0 Å². The van der Waals surface area contributed by atoms with Crippen molar-refractivity contribution in [3.05, 3.63) is 0 Å². The van der Waals surface area contributed by atoms with Crippen LogP contribution in [0.25, 0.3) is 0 Å². The second-order valence-electron chi connectivity index (χ2n) is 4.66. The van der Waals surface area contributed by atoms with Gasteiger partial charge in [0.05, 0.1) is 6.54 Å². The quantitative estimate of drug-likeness (QED) is 0.651. The highest BCUT2D eigenvalue weighted by Gasteiger charge is 2.08. The van der Waals surface area contributed by atoms with E-state index in [4.69, 9.17) is 6.42 Å². The van der Waals surface area contributed by atoms with E-state index in [0.717, 1.165) is 32.6 Å². The zero-order valence-electron chi connectivity index (χ0n) is 10.1. The Morgan fingerprint density at radius 1 is 1.29 bits per heavy atom. The van der Waals surface area contributed by atoms with E-state index in [2.05, 4.69) is 43.8 Å². The minimum absolute atomic E-state index is 0.202. The van der Waals surface area contributed by atoms with Gasteiger partial charge >= 0.3 is 0 Å². The fourth-order valence-corrected chi connectivity index (χ4v) is 1.30. The third-order valence-corrected chi connectivity index (χ3v) is 1.94. The van der Waals surface area contributed by atoms with Gasteiger partial charge in [-0.15, -0.1) is 6.42 Å². The summed E-state index contributed by atoms with van der Waals surface area (Å²) in [6.45, 7) is 12.6. The van der Waals surface area contributed by atoms with Crippen LogP contribution in [0.2, 0.25) is 0 Å². The maximum atomic E-state index is 5.31. The molecule has 0 aromatic heterocycles. The number of nitrogens with zero attached hydrogens (tertiary/aromatic N) is 1. The predicted molar refractivity (Wildman–Crippen MR) is 63.3 cm³/mol. The molecule has 0 aliphatic carbocycles. The van der Waals surface area contributed by atoms with Crippen molar-refractivity contribution in [3.8, 4) is 12.3 Å². The lowest BCUT2D eigenvalue weighted by Gasteiger charge is -2.24. The lowest BCUT2D eigenvalue weighted by Crippen LogP contribution is -2.41. The standard InChI is InChI=1S/C12H24N2/c1-6-9-14(10-7-2)11-8-13-12(3,4)5/h1,13H,7-11H2,2-5H3. The van der Waals surface area contributed by atoms with Gasteiger partial charge in [0.25, 0.3) is 0 Å². The van der Waals surface area contributed by atoms with Crippen LogP contribution >= 0.6 is 0 Å². The number of hydrogen-bond donors (Lipinski definition) is 1. The van der Waals surface area contributed by atoms with Gasteiger partial charge in [-0.25, -0.2) is 0 Å². The zero-order chi connectivity index (χ0) is 11.0. The predicted octanol–water partition coefficient (Wildman–Crippen LogP) is 1.72. The Kier molecular flexibility index (Phi) is 6.61. The molecule has 82 valence electrons. The van der Waals surface area contributed by atoms with Crippen LogP contribution in [0.1, 0.15) is 34.1 Å². The molecule has 0 atom stereocenters. The lowest BCUT2D eigenvalue weighted by atomic mass is 10.1. The Labute approximate surface area is 89.1 Å². The largest absolute Gasteiger partial charge is 0.311 e. The molecule has 0 unspecified atom stereocenters. The number of terminal acetylenes is 1. The Morgan fingerprint density at radius 2 is 1.93 bits per heavy atom. The van der Waals surface area contributed by atoms with E-state index in [0.29, 0.717) is 0 Å². The minimum atomic E-state index is 0.202. The van der Waals surface area contributed by atoms with Crippen LogP contribution in [0.5, 0.6) is 0 Å². The smallest absolute Gasteiger partial charge is 0.0599 e. The molecule has 0 rings (SSSR count). The van der Waals surface area contributed by atoms with E-state index in [-0.39, 0.29) is 5.54 Å². The normalized spacial score (nSPS) is 11.7. The van der Waals surface area contributed by atoms with Gasteiger partial charge < -0.3 is 5.32 Å². The molecule has 14 heavy (non-hydrogen) atoms. The molecule has 2 nitrogen and oxygen atoms in total. The van der Waals surface area contributed by atoms with Gasteiger partial charge in [-0.1, -0.05) is 12.8 Å². The summed E-state index contributed by atoms with van der Waals surface area (Å²) in [6.07, 6.45) is 6.47. The summed E-state index contributed by atoms with van der Waals surface area (Å²) in [5.74, 6) is 2.70. The minimum Gasteiger partial charge on any atom is -0.311 e. The van der Waals surface area contributed by atoms with Gasteiger partial charge in [-0.3, -0.25) is 4.90 Å². The third kappa shape index (κ3) is 8.10. The van der Waals surface area contributed by atoms with Crippen LogP contribution < -0.4 is 5.32 Å². The molecule has 0 aromatic rings. The summed E-state index contributed by atoms with van der Waals surface area (Å²) < 4.78 is 0. The van der Waals surface area contributed by atoms with Gasteiger partial charge in [0.2, 0.25) is 0 Å². The van der Waals surface area contributed by atoms with Crippen LogP contribution in [0.4, 0.5) is 0 Å². The van der Waals surface area contributed by atoms with Crippen molar-refractivity contribution in [2.45, 2.75) is 39.7 Å². The molecular weight excluding hydrogens is 172 g/mol. The van der Waals surface area contributed by atoms with Crippen molar-refractivity contribution in [1.29, 1.82) is 0 Å². The fraction of sp³-hybridized carbons (Fsp3) is 0.833. The van der Waals surface area contributed by atoms with Crippen LogP contribution in [0.3, 0.4) is 0 Å². The van der Waals surface area contributed by atoms with Gasteiger partial charge in [-0.2, -0.15) is 0 Å². The van der Waals surface area contributed by atoms with E-state index in [9.17, 15) is 0 Å². The molecule has 0 saturated carbocycles. The van der Waals surface area contributed by atoms with Gasteiger partial charge in [0, 0.05) is 18.6 Å². The topological polar surface area (TPSA) is 15.3 Å². The highest BCUT2D eigenvalue weighted by molar-refractivity contribution is 4.88. The van der Waals surface area contributed by atoms with Crippen LogP contribution in [0, 0.1) is 12.3 Å². The average Bonchev–Trinajstić information content (AvgIpc) is 2.02. The molecule has 0 heterocycles. The molecule has 0 fully saturated rings. The Morgan fingerprint density at radius 3 is 2.36 bits per heavy atom. The van der Waals surface area contributed by atoms with Crippen molar-refractivity contribution in [3.63, 3.8) is 0 Å².